The van der Waals surface area contributed by atoms with Gasteiger partial charge in [0.15, 0.2) is 0 Å². The second kappa shape index (κ2) is 6.21. The summed E-state index contributed by atoms with van der Waals surface area (Å²) in [4.78, 5) is 16.8. The van der Waals surface area contributed by atoms with Crippen molar-refractivity contribution < 1.29 is 18.3 Å². The molecular formula is C18H13F3N4O2S. The third-order valence-electron chi connectivity index (χ3n) is 4.31. The summed E-state index contributed by atoms with van der Waals surface area (Å²) in [6, 6.07) is 14.3. The van der Waals surface area contributed by atoms with E-state index in [1.54, 1.807) is 36.4 Å². The predicted molar refractivity (Wildman–Crippen MR) is 99.5 cm³/mol. The van der Waals surface area contributed by atoms with Gasteiger partial charge in [-0.05, 0) is 24.3 Å². The number of aliphatic hydroxyl groups is 1. The van der Waals surface area contributed by atoms with Gasteiger partial charge in [0.1, 0.15) is 16.4 Å². The average Bonchev–Trinajstić information content (AvgIpc) is 3.22. The van der Waals surface area contributed by atoms with Crippen LogP contribution in [-0.2, 0) is 5.60 Å². The molecule has 0 bridgehead atoms. The molecule has 0 radical (unpaired) electrons. The van der Waals surface area contributed by atoms with Gasteiger partial charge in [-0.3, -0.25) is 9.89 Å². The maximum absolute atomic E-state index is 14.1. The molecule has 28 heavy (non-hydrogen) atoms. The van der Waals surface area contributed by atoms with Crippen molar-refractivity contribution in [1.29, 1.82) is 0 Å². The molecule has 6 nitrogen and oxygen atoms in total. The first-order valence-corrected chi connectivity index (χ1v) is 8.86. The minimum absolute atomic E-state index is 0.277. The monoisotopic (exact) mass is 406 g/mol. The van der Waals surface area contributed by atoms with Crippen LogP contribution in [0.3, 0.4) is 0 Å². The van der Waals surface area contributed by atoms with Gasteiger partial charge in [0, 0.05) is 0 Å². The number of anilines is 1. The number of hydrogen-bond acceptors (Lipinski definition) is 5. The van der Waals surface area contributed by atoms with Crippen LogP contribution in [0, 0.1) is 0 Å². The largest absolute Gasteiger partial charge is 0.428 e. The molecule has 0 aliphatic heterocycles. The van der Waals surface area contributed by atoms with E-state index in [0.717, 1.165) is 4.68 Å². The van der Waals surface area contributed by atoms with E-state index in [0.29, 0.717) is 16.0 Å². The fourth-order valence-electron chi connectivity index (χ4n) is 2.96. The Morgan fingerprint density at radius 1 is 1.07 bits per heavy atom. The molecule has 1 atom stereocenters. The molecule has 0 saturated heterocycles. The van der Waals surface area contributed by atoms with Gasteiger partial charge in [-0.15, -0.1) is 11.3 Å². The molecule has 2 aromatic heterocycles. The lowest BCUT2D eigenvalue weighted by molar-refractivity contribution is -0.248. The minimum atomic E-state index is -5.23. The summed E-state index contributed by atoms with van der Waals surface area (Å²) in [5, 5.41) is 12.6. The maximum Gasteiger partial charge on any atom is 0.428 e. The predicted octanol–water partition coefficient (Wildman–Crippen LogP) is 3.16. The third-order valence-corrected chi connectivity index (χ3v) is 5.45. The van der Waals surface area contributed by atoms with Gasteiger partial charge in [0.25, 0.3) is 5.56 Å². The van der Waals surface area contributed by atoms with E-state index in [9.17, 15) is 23.1 Å². The summed E-state index contributed by atoms with van der Waals surface area (Å²) in [7, 11) is 0. The smallest absolute Gasteiger partial charge is 0.384 e. The standard InChI is InChI=1S/C18H13F3N4O2S/c19-18(20,21)17(27,16-23-11-8-4-5-9-12(11)28-16)13-14(22)24-25(15(13)26)10-6-2-1-3-7-10/h1-9,24,27H,22H2/t17-/m1/s1. The molecule has 0 aliphatic carbocycles. The number of aromatic amines is 1. The number of halogens is 3. The molecule has 0 amide bonds. The minimum Gasteiger partial charge on any atom is -0.384 e. The topological polar surface area (TPSA) is 96.9 Å². The maximum atomic E-state index is 14.1. The summed E-state index contributed by atoms with van der Waals surface area (Å²) >= 11 is 0.650. The van der Waals surface area contributed by atoms with Gasteiger partial charge in [-0.2, -0.15) is 13.2 Å². The van der Waals surface area contributed by atoms with E-state index in [1.165, 1.54) is 18.2 Å². The van der Waals surface area contributed by atoms with Crippen LogP contribution in [0.2, 0.25) is 0 Å². The molecule has 4 N–H and O–H groups in total. The normalized spacial score (nSPS) is 14.3. The zero-order valence-corrected chi connectivity index (χ0v) is 14.9. The van der Waals surface area contributed by atoms with Crippen LogP contribution in [-0.4, -0.2) is 26.0 Å². The van der Waals surface area contributed by atoms with Crippen molar-refractivity contribution in [1.82, 2.24) is 14.8 Å². The summed E-state index contributed by atoms with van der Waals surface area (Å²) in [5.74, 6) is -0.590. The van der Waals surface area contributed by atoms with Crippen molar-refractivity contribution in [3.63, 3.8) is 0 Å². The second-order valence-corrected chi connectivity index (χ2v) is 7.10. The quantitative estimate of drug-likeness (QED) is 0.487. The van der Waals surface area contributed by atoms with Gasteiger partial charge in [0.05, 0.1) is 15.9 Å². The van der Waals surface area contributed by atoms with Crippen LogP contribution in [0.25, 0.3) is 15.9 Å². The van der Waals surface area contributed by atoms with Crippen molar-refractivity contribution in [2.75, 3.05) is 5.73 Å². The van der Waals surface area contributed by atoms with Crippen molar-refractivity contribution >= 4 is 27.4 Å². The molecule has 4 aromatic rings. The van der Waals surface area contributed by atoms with Crippen molar-refractivity contribution in [2.24, 2.45) is 0 Å². The van der Waals surface area contributed by atoms with E-state index in [1.807, 2.05) is 0 Å². The lowest BCUT2D eigenvalue weighted by Crippen LogP contribution is -2.46. The van der Waals surface area contributed by atoms with E-state index < -0.39 is 33.7 Å². The lowest BCUT2D eigenvalue weighted by atomic mass is 9.95. The Kier molecular flexibility index (Phi) is 4.05. The molecule has 0 aliphatic rings. The zero-order valence-electron chi connectivity index (χ0n) is 14.1. The number of nitrogens with two attached hydrogens (primary N) is 1. The highest BCUT2D eigenvalue weighted by molar-refractivity contribution is 7.18. The van der Waals surface area contributed by atoms with Crippen LogP contribution in [0.1, 0.15) is 10.6 Å². The number of H-pyrrole nitrogens is 1. The Morgan fingerprint density at radius 2 is 1.71 bits per heavy atom. The number of rotatable bonds is 3. The molecule has 4 rings (SSSR count). The number of aromatic nitrogens is 3. The molecule has 0 fully saturated rings. The van der Waals surface area contributed by atoms with Crippen molar-refractivity contribution in [3.8, 4) is 5.69 Å². The van der Waals surface area contributed by atoms with Gasteiger partial charge in [-0.25, -0.2) is 9.67 Å². The Morgan fingerprint density at radius 3 is 2.36 bits per heavy atom. The summed E-state index contributed by atoms with van der Waals surface area (Å²) < 4.78 is 43.5. The van der Waals surface area contributed by atoms with Crippen molar-refractivity contribution in [3.05, 3.63) is 75.5 Å². The van der Waals surface area contributed by atoms with Crippen LogP contribution >= 0.6 is 11.3 Å². The number of nitrogen functional groups attached to an aromatic ring is 1. The molecule has 0 unspecified atom stereocenters. The van der Waals surface area contributed by atoms with Crippen LogP contribution < -0.4 is 11.3 Å². The highest BCUT2D eigenvalue weighted by Crippen LogP contribution is 2.46. The number of benzene rings is 2. The van der Waals surface area contributed by atoms with E-state index in [4.69, 9.17) is 5.73 Å². The fraction of sp³-hybridized carbons (Fsp3) is 0.111. The Bertz CT molecular complexity index is 1180. The first-order chi connectivity index (χ1) is 13.2. The highest BCUT2D eigenvalue weighted by atomic mass is 32.1. The van der Waals surface area contributed by atoms with Crippen LogP contribution in [0.5, 0.6) is 0 Å². The number of hydrogen-bond donors (Lipinski definition) is 3. The van der Waals surface area contributed by atoms with Crippen LogP contribution in [0.15, 0.2) is 59.4 Å². The molecule has 0 saturated carbocycles. The first-order valence-electron chi connectivity index (χ1n) is 8.05. The second-order valence-electron chi connectivity index (χ2n) is 6.07. The average molecular weight is 406 g/mol. The Balaban J connectivity index is 2.00. The zero-order chi connectivity index (χ0) is 20.1. The number of fused-ring (bicyclic) bond motifs is 1. The lowest BCUT2D eigenvalue weighted by Gasteiger charge is -2.27. The molecule has 144 valence electrons. The number of thiazole rings is 1. The number of nitrogens with zero attached hydrogens (tertiary/aromatic N) is 2. The molecule has 0 spiro atoms. The van der Waals surface area contributed by atoms with Gasteiger partial charge >= 0.3 is 6.18 Å². The van der Waals surface area contributed by atoms with E-state index >= 15 is 0 Å². The molecular weight excluding hydrogens is 393 g/mol. The number of para-hydroxylation sites is 2. The molecule has 2 heterocycles. The van der Waals surface area contributed by atoms with Gasteiger partial charge < -0.3 is 10.8 Å². The van der Waals surface area contributed by atoms with Gasteiger partial charge in [0.2, 0.25) is 5.60 Å². The Hall–Kier alpha value is -3.11. The Labute approximate surface area is 159 Å². The first kappa shape index (κ1) is 18.3. The van der Waals surface area contributed by atoms with Crippen molar-refractivity contribution in [2.45, 2.75) is 11.8 Å². The van der Waals surface area contributed by atoms with E-state index in [2.05, 4.69) is 10.1 Å². The summed E-state index contributed by atoms with van der Waals surface area (Å²) in [5.41, 5.74) is 0.514. The van der Waals surface area contributed by atoms with E-state index in [-0.39, 0.29) is 11.2 Å². The highest BCUT2D eigenvalue weighted by Gasteiger charge is 2.61. The van der Waals surface area contributed by atoms with Gasteiger partial charge in [-0.1, -0.05) is 30.3 Å². The SMILES string of the molecule is Nc1[nH]n(-c2ccccc2)c(=O)c1[C@@](O)(c1nc2ccccc2s1)C(F)(F)F. The van der Waals surface area contributed by atoms with Crippen LogP contribution in [0.4, 0.5) is 19.0 Å². The third kappa shape index (κ3) is 2.60. The molecule has 10 heteroatoms. The summed E-state index contributed by atoms with van der Waals surface area (Å²) in [6.45, 7) is 0. The summed E-state index contributed by atoms with van der Waals surface area (Å²) in [6.07, 6.45) is -5.23. The number of alkyl halides is 3. The number of nitrogens with one attached hydrogen (secondary N) is 1. The fourth-order valence-corrected chi connectivity index (χ4v) is 4.04. The molecule has 2 aromatic carbocycles.